The van der Waals surface area contributed by atoms with E-state index in [1.807, 2.05) is 0 Å². The molecule has 1 saturated heterocycles. The van der Waals surface area contributed by atoms with Gasteiger partial charge in [-0.1, -0.05) is 68.4 Å². The predicted molar refractivity (Wildman–Crippen MR) is 94.6 cm³/mol. The molecule has 4 atom stereocenters. The zero-order chi connectivity index (χ0) is 15.9. The molecule has 0 radical (unpaired) electrons. The van der Waals surface area contributed by atoms with Crippen molar-refractivity contribution in [2.75, 3.05) is 0 Å². The third kappa shape index (κ3) is 2.42. The van der Waals surface area contributed by atoms with Crippen LogP contribution in [0.3, 0.4) is 0 Å². The number of benzene rings is 2. The van der Waals surface area contributed by atoms with Crippen molar-refractivity contribution >= 4 is 0 Å². The normalized spacial score (nSPS) is 32.9. The first kappa shape index (κ1) is 15.0. The van der Waals surface area contributed by atoms with E-state index >= 15 is 0 Å². The monoisotopic (exact) mass is 306 g/mol. The molecule has 2 aliphatic rings. The molecule has 1 heteroatoms. The van der Waals surface area contributed by atoms with Crippen LogP contribution in [0.5, 0.6) is 0 Å². The maximum absolute atomic E-state index is 6.57. The van der Waals surface area contributed by atoms with E-state index in [0.717, 1.165) is 12.8 Å². The van der Waals surface area contributed by atoms with Gasteiger partial charge in [0, 0.05) is 5.41 Å². The minimum atomic E-state index is 0.230. The first-order valence-electron chi connectivity index (χ1n) is 9.01. The van der Waals surface area contributed by atoms with Crippen LogP contribution in [-0.2, 0) is 16.6 Å². The fourth-order valence-corrected chi connectivity index (χ4v) is 4.89. The van der Waals surface area contributed by atoms with E-state index in [9.17, 15) is 0 Å². The number of hydrogen-bond donors (Lipinski definition) is 0. The minimum Gasteiger partial charge on any atom is -0.370 e. The Labute approximate surface area is 139 Å². The van der Waals surface area contributed by atoms with Gasteiger partial charge in [0.1, 0.15) is 0 Å². The summed E-state index contributed by atoms with van der Waals surface area (Å²) < 4.78 is 6.57. The standard InChI is InChI=1S/C22H26O/c1-3-18-15-22(2)19-12-8-7-9-16(19)13-14-20(22)21(23-18)17-10-5-4-6-11-17/h4-12,18,20-21H,3,13-15H2,1-2H3/t18-,20+,21+,22-/m1/s1. The van der Waals surface area contributed by atoms with Crippen molar-refractivity contribution in [2.24, 2.45) is 5.92 Å². The number of aryl methyl sites for hydroxylation is 1. The zero-order valence-corrected chi connectivity index (χ0v) is 14.2. The van der Waals surface area contributed by atoms with Crippen LogP contribution in [0.1, 0.15) is 55.9 Å². The third-order valence-electron chi connectivity index (χ3n) is 6.12. The molecule has 1 heterocycles. The maximum atomic E-state index is 6.57. The highest BCUT2D eigenvalue weighted by atomic mass is 16.5. The van der Waals surface area contributed by atoms with Crippen molar-refractivity contribution in [1.29, 1.82) is 0 Å². The van der Waals surface area contributed by atoms with Gasteiger partial charge in [0.2, 0.25) is 0 Å². The number of rotatable bonds is 2. The third-order valence-corrected chi connectivity index (χ3v) is 6.12. The molecule has 0 amide bonds. The molecule has 4 rings (SSSR count). The summed E-state index contributed by atoms with van der Waals surface area (Å²) in [5, 5.41) is 0. The lowest BCUT2D eigenvalue weighted by molar-refractivity contribution is -0.126. The van der Waals surface area contributed by atoms with E-state index in [1.54, 1.807) is 11.1 Å². The van der Waals surface area contributed by atoms with E-state index in [1.165, 1.54) is 18.4 Å². The van der Waals surface area contributed by atoms with Crippen LogP contribution in [0.4, 0.5) is 0 Å². The fourth-order valence-electron chi connectivity index (χ4n) is 4.89. The van der Waals surface area contributed by atoms with Crippen LogP contribution in [0, 0.1) is 5.92 Å². The predicted octanol–water partition coefficient (Wildman–Crippen LogP) is 5.45. The molecule has 1 nitrogen and oxygen atoms in total. The second-order valence-corrected chi connectivity index (χ2v) is 7.42. The molecule has 1 fully saturated rings. The molecule has 0 aromatic heterocycles. The Morgan fingerprint density at radius 2 is 1.78 bits per heavy atom. The molecule has 2 aromatic rings. The molecule has 0 spiro atoms. The van der Waals surface area contributed by atoms with Crippen molar-refractivity contribution < 1.29 is 4.74 Å². The van der Waals surface area contributed by atoms with E-state index in [-0.39, 0.29) is 11.5 Å². The van der Waals surface area contributed by atoms with Crippen molar-refractivity contribution in [2.45, 2.75) is 57.2 Å². The first-order valence-corrected chi connectivity index (χ1v) is 9.01. The second kappa shape index (κ2) is 5.79. The summed E-state index contributed by atoms with van der Waals surface area (Å²) in [5.74, 6) is 0.572. The van der Waals surface area contributed by atoms with Crippen LogP contribution in [-0.4, -0.2) is 6.10 Å². The van der Waals surface area contributed by atoms with Gasteiger partial charge in [-0.3, -0.25) is 0 Å². The number of hydrogen-bond acceptors (Lipinski definition) is 1. The Balaban J connectivity index is 1.80. The Hall–Kier alpha value is -1.60. The average molecular weight is 306 g/mol. The van der Waals surface area contributed by atoms with Gasteiger partial charge in [-0.25, -0.2) is 0 Å². The van der Waals surface area contributed by atoms with E-state index in [4.69, 9.17) is 4.74 Å². The molecule has 1 aliphatic heterocycles. The molecule has 2 aromatic carbocycles. The first-order chi connectivity index (χ1) is 11.2. The Morgan fingerprint density at radius 1 is 1.04 bits per heavy atom. The quantitative estimate of drug-likeness (QED) is 0.717. The van der Waals surface area contributed by atoms with E-state index in [0.29, 0.717) is 12.0 Å². The topological polar surface area (TPSA) is 9.23 Å². The molecule has 120 valence electrons. The van der Waals surface area contributed by atoms with Crippen molar-refractivity contribution in [1.82, 2.24) is 0 Å². The van der Waals surface area contributed by atoms with Crippen LogP contribution >= 0.6 is 0 Å². The minimum absolute atomic E-state index is 0.230. The molecule has 0 unspecified atom stereocenters. The Morgan fingerprint density at radius 3 is 2.57 bits per heavy atom. The summed E-state index contributed by atoms with van der Waals surface area (Å²) >= 11 is 0. The second-order valence-electron chi connectivity index (χ2n) is 7.42. The zero-order valence-electron chi connectivity index (χ0n) is 14.2. The lowest BCUT2D eigenvalue weighted by Crippen LogP contribution is -2.48. The molecular formula is C22H26O. The summed E-state index contributed by atoms with van der Waals surface area (Å²) in [6.07, 6.45) is 5.23. The maximum Gasteiger partial charge on any atom is 0.0865 e. The smallest absolute Gasteiger partial charge is 0.0865 e. The summed E-state index contributed by atoms with van der Waals surface area (Å²) in [6.45, 7) is 4.74. The van der Waals surface area contributed by atoms with Crippen LogP contribution < -0.4 is 0 Å². The number of ether oxygens (including phenoxy) is 1. The summed E-state index contributed by atoms with van der Waals surface area (Å²) in [4.78, 5) is 0. The van der Waals surface area contributed by atoms with Crippen molar-refractivity contribution in [3.8, 4) is 0 Å². The fraction of sp³-hybridized carbons (Fsp3) is 0.455. The Bertz CT molecular complexity index is 677. The van der Waals surface area contributed by atoms with Crippen LogP contribution in [0.25, 0.3) is 0 Å². The summed E-state index contributed by atoms with van der Waals surface area (Å²) in [7, 11) is 0. The molecule has 0 N–H and O–H groups in total. The van der Waals surface area contributed by atoms with Gasteiger partial charge in [-0.05, 0) is 48.3 Å². The molecule has 0 bridgehead atoms. The van der Waals surface area contributed by atoms with Gasteiger partial charge < -0.3 is 4.74 Å². The van der Waals surface area contributed by atoms with Gasteiger partial charge in [-0.2, -0.15) is 0 Å². The van der Waals surface area contributed by atoms with Gasteiger partial charge in [0.05, 0.1) is 12.2 Å². The Kier molecular flexibility index (Phi) is 3.77. The lowest BCUT2D eigenvalue weighted by Gasteiger charge is -2.52. The van der Waals surface area contributed by atoms with E-state index < -0.39 is 0 Å². The van der Waals surface area contributed by atoms with Crippen molar-refractivity contribution in [3.05, 3.63) is 71.3 Å². The van der Waals surface area contributed by atoms with Crippen LogP contribution in [0.2, 0.25) is 0 Å². The summed E-state index contributed by atoms with van der Waals surface area (Å²) in [6, 6.07) is 19.9. The SMILES string of the molecule is CC[C@@H]1C[C@]2(C)c3ccccc3CC[C@H]2[C@H](c2ccccc2)O1. The summed E-state index contributed by atoms with van der Waals surface area (Å²) in [5.41, 5.74) is 4.70. The number of fused-ring (bicyclic) bond motifs is 3. The molecular weight excluding hydrogens is 280 g/mol. The highest BCUT2D eigenvalue weighted by Gasteiger charge is 2.49. The van der Waals surface area contributed by atoms with Gasteiger partial charge in [-0.15, -0.1) is 0 Å². The van der Waals surface area contributed by atoms with Gasteiger partial charge in [0.25, 0.3) is 0 Å². The molecule has 0 saturated carbocycles. The van der Waals surface area contributed by atoms with E-state index in [2.05, 4.69) is 68.4 Å². The van der Waals surface area contributed by atoms with Crippen molar-refractivity contribution in [3.63, 3.8) is 0 Å². The highest BCUT2D eigenvalue weighted by molar-refractivity contribution is 5.39. The average Bonchev–Trinajstić information content (AvgIpc) is 2.61. The molecule has 23 heavy (non-hydrogen) atoms. The lowest BCUT2D eigenvalue weighted by atomic mass is 9.58. The van der Waals surface area contributed by atoms with Gasteiger partial charge >= 0.3 is 0 Å². The molecule has 1 aliphatic carbocycles. The van der Waals surface area contributed by atoms with Gasteiger partial charge in [0.15, 0.2) is 0 Å². The highest BCUT2D eigenvalue weighted by Crippen LogP contribution is 2.54. The largest absolute Gasteiger partial charge is 0.370 e. The van der Waals surface area contributed by atoms with Crippen LogP contribution in [0.15, 0.2) is 54.6 Å².